The molecule has 0 aliphatic carbocycles. The summed E-state index contributed by atoms with van der Waals surface area (Å²) < 4.78 is 0. The molecule has 0 radical (unpaired) electrons. The highest BCUT2D eigenvalue weighted by atomic mass is 35.5. The average molecular weight is 236 g/mol. The van der Waals surface area contributed by atoms with Crippen LogP contribution in [0, 0.1) is 11.3 Å². The van der Waals surface area contributed by atoms with Gasteiger partial charge in [-0.3, -0.25) is 0 Å². The molecular formula is C12H14ClN3. The molecule has 1 atom stereocenters. The molecule has 0 aromatic heterocycles. The Morgan fingerprint density at radius 1 is 1.56 bits per heavy atom. The molecule has 4 heteroatoms. The van der Waals surface area contributed by atoms with Crippen LogP contribution in [0.1, 0.15) is 18.4 Å². The normalized spacial score (nSPS) is 19.8. The predicted molar refractivity (Wildman–Crippen MR) is 65.6 cm³/mol. The Kier molecular flexibility index (Phi) is 3.33. The van der Waals surface area contributed by atoms with Gasteiger partial charge in [-0.1, -0.05) is 11.6 Å². The van der Waals surface area contributed by atoms with Gasteiger partial charge in [0.1, 0.15) is 6.07 Å². The molecule has 1 heterocycles. The van der Waals surface area contributed by atoms with Gasteiger partial charge >= 0.3 is 0 Å². The maximum atomic E-state index is 9.10. The van der Waals surface area contributed by atoms with Crippen molar-refractivity contribution < 1.29 is 0 Å². The van der Waals surface area contributed by atoms with Gasteiger partial charge in [0.15, 0.2) is 0 Å². The van der Waals surface area contributed by atoms with E-state index in [0.717, 1.165) is 25.1 Å². The van der Waals surface area contributed by atoms with Crippen LogP contribution in [0.4, 0.5) is 5.69 Å². The third-order valence-electron chi connectivity index (χ3n) is 3.04. The van der Waals surface area contributed by atoms with Crippen molar-refractivity contribution in [1.82, 2.24) is 0 Å². The predicted octanol–water partition coefficient (Wildman–Crippen LogP) is 2.14. The van der Waals surface area contributed by atoms with Crippen LogP contribution in [0.3, 0.4) is 0 Å². The second-order valence-electron chi connectivity index (χ2n) is 4.00. The van der Waals surface area contributed by atoms with E-state index in [1.807, 2.05) is 12.1 Å². The summed E-state index contributed by atoms with van der Waals surface area (Å²) >= 11 is 5.88. The van der Waals surface area contributed by atoms with Crippen LogP contribution in [0.2, 0.25) is 5.02 Å². The van der Waals surface area contributed by atoms with Crippen molar-refractivity contribution in [3.8, 4) is 6.07 Å². The molecular weight excluding hydrogens is 222 g/mol. The molecule has 1 aliphatic heterocycles. The second-order valence-corrected chi connectivity index (χ2v) is 4.43. The van der Waals surface area contributed by atoms with Crippen molar-refractivity contribution in [1.29, 1.82) is 5.26 Å². The van der Waals surface area contributed by atoms with E-state index in [4.69, 9.17) is 22.6 Å². The molecule has 0 spiro atoms. The Bertz CT molecular complexity index is 425. The van der Waals surface area contributed by atoms with Gasteiger partial charge in [0.2, 0.25) is 0 Å². The van der Waals surface area contributed by atoms with E-state index in [0.29, 0.717) is 23.2 Å². The highest BCUT2D eigenvalue weighted by Gasteiger charge is 2.25. The summed E-state index contributed by atoms with van der Waals surface area (Å²) in [6.07, 6.45) is 2.24. The smallest absolute Gasteiger partial charge is 0.101 e. The zero-order valence-electron chi connectivity index (χ0n) is 8.99. The first-order chi connectivity index (χ1) is 7.76. The van der Waals surface area contributed by atoms with Crippen LogP contribution in [0.15, 0.2) is 18.2 Å². The van der Waals surface area contributed by atoms with Gasteiger partial charge in [0.05, 0.1) is 11.3 Å². The number of halogens is 1. The van der Waals surface area contributed by atoms with Crippen LogP contribution in [0.5, 0.6) is 0 Å². The van der Waals surface area contributed by atoms with E-state index in [-0.39, 0.29) is 0 Å². The minimum Gasteiger partial charge on any atom is -0.366 e. The van der Waals surface area contributed by atoms with Gasteiger partial charge in [0.25, 0.3) is 0 Å². The Morgan fingerprint density at radius 3 is 3.06 bits per heavy atom. The lowest BCUT2D eigenvalue weighted by molar-refractivity contribution is 0.677. The fourth-order valence-corrected chi connectivity index (χ4v) is 2.42. The summed E-state index contributed by atoms with van der Waals surface area (Å²) in [7, 11) is 0. The van der Waals surface area contributed by atoms with Crippen molar-refractivity contribution in [2.75, 3.05) is 18.0 Å². The molecule has 3 nitrogen and oxygen atoms in total. The summed E-state index contributed by atoms with van der Waals surface area (Å²) in [5, 5.41) is 9.70. The highest BCUT2D eigenvalue weighted by molar-refractivity contribution is 6.30. The minimum atomic E-state index is 0.355. The highest BCUT2D eigenvalue weighted by Crippen LogP contribution is 2.29. The molecule has 1 aromatic carbocycles. The number of nitriles is 1. The molecule has 0 amide bonds. The molecule has 2 N–H and O–H groups in total. The maximum absolute atomic E-state index is 9.10. The van der Waals surface area contributed by atoms with E-state index >= 15 is 0 Å². The first-order valence-electron chi connectivity index (χ1n) is 5.42. The van der Waals surface area contributed by atoms with Crippen LogP contribution in [-0.2, 0) is 0 Å². The topological polar surface area (TPSA) is 53.0 Å². The monoisotopic (exact) mass is 235 g/mol. The number of rotatable bonds is 2. The van der Waals surface area contributed by atoms with E-state index in [2.05, 4.69) is 11.0 Å². The quantitative estimate of drug-likeness (QED) is 0.855. The van der Waals surface area contributed by atoms with E-state index < -0.39 is 0 Å². The molecule has 1 aliphatic rings. The van der Waals surface area contributed by atoms with Gasteiger partial charge in [-0.2, -0.15) is 5.26 Å². The van der Waals surface area contributed by atoms with Crippen molar-refractivity contribution in [3.05, 3.63) is 28.8 Å². The zero-order valence-corrected chi connectivity index (χ0v) is 9.74. The van der Waals surface area contributed by atoms with Crippen molar-refractivity contribution in [3.63, 3.8) is 0 Å². The van der Waals surface area contributed by atoms with Gasteiger partial charge in [-0.25, -0.2) is 0 Å². The Labute approximate surface area is 100 Å². The minimum absolute atomic E-state index is 0.355. The molecule has 16 heavy (non-hydrogen) atoms. The third kappa shape index (κ3) is 1.99. The first kappa shape index (κ1) is 11.3. The largest absolute Gasteiger partial charge is 0.366 e. The van der Waals surface area contributed by atoms with Crippen LogP contribution < -0.4 is 10.6 Å². The number of nitrogens with zero attached hydrogens (tertiary/aromatic N) is 2. The third-order valence-corrected chi connectivity index (χ3v) is 3.27. The number of anilines is 1. The molecule has 0 bridgehead atoms. The molecule has 1 aromatic rings. The summed E-state index contributed by atoms with van der Waals surface area (Å²) in [6, 6.07) is 7.99. The molecule has 0 saturated carbocycles. The van der Waals surface area contributed by atoms with Crippen molar-refractivity contribution >= 4 is 17.3 Å². The van der Waals surface area contributed by atoms with Crippen LogP contribution in [0.25, 0.3) is 0 Å². The molecule has 1 unspecified atom stereocenters. The number of hydrogen-bond acceptors (Lipinski definition) is 3. The Hall–Kier alpha value is -1.24. The lowest BCUT2D eigenvalue weighted by Gasteiger charge is -2.26. The van der Waals surface area contributed by atoms with Gasteiger partial charge < -0.3 is 10.6 Å². The fourth-order valence-electron chi connectivity index (χ4n) is 2.25. The van der Waals surface area contributed by atoms with E-state index in [1.54, 1.807) is 6.07 Å². The summed E-state index contributed by atoms with van der Waals surface area (Å²) in [5.41, 5.74) is 7.32. The second kappa shape index (κ2) is 4.73. The molecule has 2 rings (SSSR count). The fraction of sp³-hybridized carbons (Fsp3) is 0.417. The maximum Gasteiger partial charge on any atom is 0.101 e. The number of nitrogens with two attached hydrogens (primary N) is 1. The Morgan fingerprint density at radius 2 is 2.38 bits per heavy atom. The lowest BCUT2D eigenvalue weighted by Crippen LogP contribution is -2.35. The van der Waals surface area contributed by atoms with Gasteiger partial charge in [0, 0.05) is 24.2 Å². The number of hydrogen-bond donors (Lipinski definition) is 1. The van der Waals surface area contributed by atoms with E-state index in [1.165, 1.54) is 0 Å². The zero-order chi connectivity index (χ0) is 11.5. The summed E-state index contributed by atoms with van der Waals surface area (Å²) in [6.45, 7) is 1.60. The van der Waals surface area contributed by atoms with E-state index in [9.17, 15) is 0 Å². The average Bonchev–Trinajstić information content (AvgIpc) is 2.76. The lowest BCUT2D eigenvalue weighted by atomic mass is 10.1. The van der Waals surface area contributed by atoms with Gasteiger partial charge in [-0.05, 0) is 31.0 Å². The molecule has 1 saturated heterocycles. The first-order valence-corrected chi connectivity index (χ1v) is 5.80. The Balaban J connectivity index is 2.36. The van der Waals surface area contributed by atoms with Crippen LogP contribution in [-0.4, -0.2) is 19.1 Å². The van der Waals surface area contributed by atoms with Crippen molar-refractivity contribution in [2.24, 2.45) is 5.73 Å². The number of benzene rings is 1. The van der Waals surface area contributed by atoms with Crippen LogP contribution >= 0.6 is 11.6 Å². The SMILES string of the molecule is N#Cc1cc(Cl)ccc1N1CCCC1CN. The van der Waals surface area contributed by atoms with Gasteiger partial charge in [-0.15, -0.1) is 0 Å². The standard InChI is InChI=1S/C12H14ClN3/c13-10-3-4-12(9(6-10)7-14)16-5-1-2-11(16)8-15/h3-4,6,11H,1-2,5,8,15H2. The van der Waals surface area contributed by atoms with Crippen molar-refractivity contribution in [2.45, 2.75) is 18.9 Å². The summed E-state index contributed by atoms with van der Waals surface area (Å²) in [5.74, 6) is 0. The molecule has 1 fully saturated rings. The molecule has 84 valence electrons. The summed E-state index contributed by atoms with van der Waals surface area (Å²) in [4.78, 5) is 2.22.